The van der Waals surface area contributed by atoms with E-state index in [-0.39, 0.29) is 11.2 Å². The van der Waals surface area contributed by atoms with E-state index < -0.39 is 11.8 Å². The number of aryl methyl sites for hydroxylation is 1. The monoisotopic (exact) mass is 347 g/mol. The molecule has 0 saturated carbocycles. The van der Waals surface area contributed by atoms with Crippen molar-refractivity contribution in [2.45, 2.75) is 6.92 Å². The fourth-order valence-electron chi connectivity index (χ4n) is 2.92. The van der Waals surface area contributed by atoms with Gasteiger partial charge in [-0.15, -0.1) is 0 Å². The van der Waals surface area contributed by atoms with Crippen LogP contribution < -0.4 is 0 Å². The third-order valence-electron chi connectivity index (χ3n) is 4.21. The normalized spacial score (nSPS) is 11.0. The van der Waals surface area contributed by atoms with Gasteiger partial charge in [-0.2, -0.15) is 5.10 Å². The first-order chi connectivity index (χ1) is 12.5. The lowest BCUT2D eigenvalue weighted by atomic mass is 10.0. The number of rotatable bonds is 3. The number of fused-ring (bicyclic) bond motifs is 1. The molecule has 0 aliphatic heterocycles. The van der Waals surface area contributed by atoms with Crippen LogP contribution in [0, 0.1) is 12.7 Å². The van der Waals surface area contributed by atoms with Crippen LogP contribution in [0.3, 0.4) is 0 Å². The van der Waals surface area contributed by atoms with E-state index in [1.165, 1.54) is 18.2 Å². The molecule has 6 heteroatoms. The van der Waals surface area contributed by atoms with E-state index in [0.717, 1.165) is 11.1 Å². The van der Waals surface area contributed by atoms with Gasteiger partial charge in [-0.25, -0.2) is 14.2 Å². The number of pyridine rings is 1. The Hall–Kier alpha value is -3.54. The summed E-state index contributed by atoms with van der Waals surface area (Å²) >= 11 is 0. The van der Waals surface area contributed by atoms with Crippen LogP contribution in [0.15, 0.2) is 54.6 Å². The Labute approximate surface area is 148 Å². The van der Waals surface area contributed by atoms with Crippen molar-refractivity contribution in [3.63, 3.8) is 0 Å². The molecule has 0 saturated heterocycles. The average molecular weight is 347 g/mol. The van der Waals surface area contributed by atoms with Gasteiger partial charge < -0.3 is 5.11 Å². The lowest BCUT2D eigenvalue weighted by Crippen LogP contribution is -2.00. The van der Waals surface area contributed by atoms with Crippen LogP contribution in [-0.4, -0.2) is 26.3 Å². The quantitative estimate of drug-likeness (QED) is 0.574. The minimum Gasteiger partial charge on any atom is -0.478 e. The van der Waals surface area contributed by atoms with Crippen molar-refractivity contribution in [1.82, 2.24) is 15.2 Å². The second-order valence-corrected chi connectivity index (χ2v) is 6.03. The highest BCUT2D eigenvalue weighted by Crippen LogP contribution is 2.31. The van der Waals surface area contributed by atoms with Crippen molar-refractivity contribution < 1.29 is 14.3 Å². The Morgan fingerprint density at radius 3 is 2.54 bits per heavy atom. The summed E-state index contributed by atoms with van der Waals surface area (Å²) in [7, 11) is 0. The zero-order valence-electron chi connectivity index (χ0n) is 13.8. The number of carbonyl (C=O) groups is 1. The van der Waals surface area contributed by atoms with Gasteiger partial charge in [-0.05, 0) is 25.1 Å². The van der Waals surface area contributed by atoms with Crippen LogP contribution >= 0.6 is 0 Å². The summed E-state index contributed by atoms with van der Waals surface area (Å²) in [5, 5.41) is 17.2. The molecule has 2 N–H and O–H groups in total. The molecular formula is C20H14FN3O2. The van der Waals surface area contributed by atoms with Crippen LogP contribution in [0.4, 0.5) is 4.39 Å². The SMILES string of the molecule is Cc1ccc(-c2[nH]nc3nc(-c4cccc(F)c4)cc(C(=O)O)c23)cc1. The predicted octanol–water partition coefficient (Wildman–Crippen LogP) is 4.44. The molecule has 0 fully saturated rings. The van der Waals surface area contributed by atoms with Gasteiger partial charge in [0.05, 0.1) is 22.3 Å². The summed E-state index contributed by atoms with van der Waals surface area (Å²) in [5.41, 5.74) is 3.71. The van der Waals surface area contributed by atoms with Crippen molar-refractivity contribution in [3.8, 4) is 22.5 Å². The summed E-state index contributed by atoms with van der Waals surface area (Å²) in [6.07, 6.45) is 0. The fourth-order valence-corrected chi connectivity index (χ4v) is 2.92. The van der Waals surface area contributed by atoms with Gasteiger partial charge in [-0.3, -0.25) is 5.10 Å². The van der Waals surface area contributed by atoms with Crippen LogP contribution in [0.1, 0.15) is 15.9 Å². The zero-order chi connectivity index (χ0) is 18.3. The van der Waals surface area contributed by atoms with Crippen molar-refractivity contribution in [1.29, 1.82) is 0 Å². The molecule has 2 heterocycles. The number of hydrogen-bond acceptors (Lipinski definition) is 3. The van der Waals surface area contributed by atoms with E-state index in [9.17, 15) is 14.3 Å². The number of benzene rings is 2. The molecule has 5 nitrogen and oxygen atoms in total. The third-order valence-corrected chi connectivity index (χ3v) is 4.21. The first kappa shape index (κ1) is 16.0. The van der Waals surface area contributed by atoms with E-state index in [2.05, 4.69) is 15.2 Å². The summed E-state index contributed by atoms with van der Waals surface area (Å²) in [5.74, 6) is -1.51. The number of aromatic carboxylic acids is 1. The number of hydrogen-bond donors (Lipinski definition) is 2. The molecule has 2 aromatic carbocycles. The number of carboxylic acid groups (broad SMARTS) is 1. The molecule has 128 valence electrons. The number of nitrogens with zero attached hydrogens (tertiary/aromatic N) is 2. The molecule has 4 aromatic rings. The molecule has 0 spiro atoms. The highest BCUT2D eigenvalue weighted by atomic mass is 19.1. The molecule has 26 heavy (non-hydrogen) atoms. The average Bonchev–Trinajstić information content (AvgIpc) is 3.05. The standard InChI is InChI=1S/C20H14FN3O2/c1-11-5-7-12(8-6-11)18-17-15(20(25)26)10-16(22-19(17)24-23-18)13-3-2-4-14(21)9-13/h2-10H,1H3,(H,25,26)(H,22,23,24). The molecule has 0 unspecified atom stereocenters. The van der Waals surface area contributed by atoms with Crippen molar-refractivity contribution in [2.75, 3.05) is 0 Å². The van der Waals surface area contributed by atoms with E-state index in [1.807, 2.05) is 31.2 Å². The van der Waals surface area contributed by atoms with E-state index >= 15 is 0 Å². The molecule has 0 amide bonds. The molecule has 0 atom stereocenters. The number of aromatic nitrogens is 3. The molecule has 4 rings (SSSR count). The van der Waals surface area contributed by atoms with Gasteiger partial charge in [0.15, 0.2) is 5.65 Å². The van der Waals surface area contributed by atoms with Gasteiger partial charge in [0.1, 0.15) is 5.82 Å². The number of halogens is 1. The summed E-state index contributed by atoms with van der Waals surface area (Å²) < 4.78 is 13.5. The highest BCUT2D eigenvalue weighted by Gasteiger charge is 2.19. The highest BCUT2D eigenvalue weighted by molar-refractivity contribution is 6.08. The second kappa shape index (κ2) is 6.07. The lowest BCUT2D eigenvalue weighted by molar-refractivity contribution is 0.0699. The Bertz CT molecular complexity index is 1130. The third kappa shape index (κ3) is 2.71. The first-order valence-electron chi connectivity index (χ1n) is 7.98. The molecular weight excluding hydrogens is 333 g/mol. The molecule has 2 aromatic heterocycles. The van der Waals surface area contributed by atoms with Gasteiger partial charge in [-0.1, -0.05) is 42.0 Å². The smallest absolute Gasteiger partial charge is 0.336 e. The minimum absolute atomic E-state index is 0.0681. The number of H-pyrrole nitrogens is 1. The molecule has 0 aliphatic rings. The maximum Gasteiger partial charge on any atom is 0.336 e. The van der Waals surface area contributed by atoms with Gasteiger partial charge in [0.25, 0.3) is 0 Å². The van der Waals surface area contributed by atoms with Gasteiger partial charge >= 0.3 is 5.97 Å². The predicted molar refractivity (Wildman–Crippen MR) is 96.4 cm³/mol. The molecule has 0 radical (unpaired) electrons. The Balaban J connectivity index is 1.96. The van der Waals surface area contributed by atoms with Crippen molar-refractivity contribution >= 4 is 17.0 Å². The topological polar surface area (TPSA) is 78.9 Å². The van der Waals surface area contributed by atoms with Crippen molar-refractivity contribution in [2.24, 2.45) is 0 Å². The van der Waals surface area contributed by atoms with Crippen molar-refractivity contribution in [3.05, 3.63) is 71.5 Å². The summed E-state index contributed by atoms with van der Waals surface area (Å²) in [6, 6.07) is 15.0. The van der Waals surface area contributed by atoms with E-state index in [0.29, 0.717) is 22.3 Å². The number of carboxylic acids is 1. The van der Waals surface area contributed by atoms with Crippen LogP contribution in [0.5, 0.6) is 0 Å². The maximum absolute atomic E-state index is 13.5. The first-order valence-corrected chi connectivity index (χ1v) is 7.98. The van der Waals surface area contributed by atoms with Gasteiger partial charge in [0.2, 0.25) is 0 Å². The molecule has 0 bridgehead atoms. The Morgan fingerprint density at radius 1 is 1.08 bits per heavy atom. The van der Waals surface area contributed by atoms with Crippen LogP contribution in [0.2, 0.25) is 0 Å². The largest absolute Gasteiger partial charge is 0.478 e. The maximum atomic E-state index is 13.5. The number of aromatic amines is 1. The second-order valence-electron chi connectivity index (χ2n) is 6.03. The van der Waals surface area contributed by atoms with E-state index in [4.69, 9.17) is 0 Å². The lowest BCUT2D eigenvalue weighted by Gasteiger charge is -2.06. The zero-order valence-corrected chi connectivity index (χ0v) is 13.8. The Kier molecular flexibility index (Phi) is 3.73. The summed E-state index contributed by atoms with van der Waals surface area (Å²) in [4.78, 5) is 16.3. The number of nitrogens with one attached hydrogen (secondary N) is 1. The molecule has 0 aliphatic carbocycles. The van der Waals surface area contributed by atoms with Gasteiger partial charge in [0, 0.05) is 11.1 Å². The van der Waals surface area contributed by atoms with Crippen LogP contribution in [0.25, 0.3) is 33.5 Å². The minimum atomic E-state index is -1.09. The summed E-state index contributed by atoms with van der Waals surface area (Å²) in [6.45, 7) is 1.98. The van der Waals surface area contributed by atoms with Crippen LogP contribution in [-0.2, 0) is 0 Å². The van der Waals surface area contributed by atoms with E-state index in [1.54, 1.807) is 12.1 Å². The fraction of sp³-hybridized carbons (Fsp3) is 0.0500. The Morgan fingerprint density at radius 2 is 1.85 bits per heavy atom.